The first-order chi connectivity index (χ1) is 12.4. The van der Waals surface area contributed by atoms with Gasteiger partial charge in [-0.05, 0) is 36.4 Å². The van der Waals surface area contributed by atoms with Crippen LogP contribution >= 0.6 is 15.9 Å². The van der Waals surface area contributed by atoms with Crippen molar-refractivity contribution in [1.82, 2.24) is 10.2 Å². The molecule has 0 saturated carbocycles. The summed E-state index contributed by atoms with van der Waals surface area (Å²) in [5, 5.41) is 5.42. The first-order valence-electron chi connectivity index (χ1n) is 8.03. The largest absolute Gasteiger partial charge is 0.352 e. The molecule has 0 atom stereocenters. The summed E-state index contributed by atoms with van der Waals surface area (Å²) >= 11 is 3.31. The summed E-state index contributed by atoms with van der Waals surface area (Å²) in [7, 11) is 3.30. The highest BCUT2D eigenvalue weighted by Gasteiger charge is 2.14. The lowest BCUT2D eigenvalue weighted by Crippen LogP contribution is -2.28. The molecule has 0 aliphatic carbocycles. The quantitative estimate of drug-likeness (QED) is 0.758. The van der Waals surface area contributed by atoms with Crippen molar-refractivity contribution in [3.63, 3.8) is 0 Å². The summed E-state index contributed by atoms with van der Waals surface area (Å²) in [6.45, 7) is 0.199. The average molecular weight is 418 g/mol. The van der Waals surface area contributed by atoms with Crippen molar-refractivity contribution in [2.75, 3.05) is 26.0 Å². The molecule has 7 heteroatoms. The van der Waals surface area contributed by atoms with Gasteiger partial charge in [0.1, 0.15) is 0 Å². The second-order valence-electron chi connectivity index (χ2n) is 5.81. The van der Waals surface area contributed by atoms with Gasteiger partial charge in [-0.1, -0.05) is 28.1 Å². The van der Waals surface area contributed by atoms with Gasteiger partial charge in [0.15, 0.2) is 0 Å². The minimum Gasteiger partial charge on any atom is -0.352 e. The number of para-hydroxylation sites is 1. The van der Waals surface area contributed by atoms with Crippen LogP contribution in [0.4, 0.5) is 5.69 Å². The van der Waals surface area contributed by atoms with Crippen LogP contribution in [0, 0.1) is 0 Å². The number of carbonyl (C=O) groups excluding carboxylic acids is 3. The Morgan fingerprint density at radius 2 is 1.65 bits per heavy atom. The highest BCUT2D eigenvalue weighted by atomic mass is 79.9. The fourth-order valence-electron chi connectivity index (χ4n) is 2.23. The van der Waals surface area contributed by atoms with E-state index in [4.69, 9.17) is 0 Å². The van der Waals surface area contributed by atoms with Gasteiger partial charge in [-0.2, -0.15) is 0 Å². The van der Waals surface area contributed by atoms with Gasteiger partial charge in [0.2, 0.25) is 5.91 Å². The zero-order chi connectivity index (χ0) is 19.1. The van der Waals surface area contributed by atoms with Crippen LogP contribution < -0.4 is 10.6 Å². The molecule has 26 heavy (non-hydrogen) atoms. The molecule has 0 aliphatic rings. The van der Waals surface area contributed by atoms with E-state index in [1.54, 1.807) is 62.6 Å². The maximum atomic E-state index is 12.1. The molecule has 0 aliphatic heterocycles. The van der Waals surface area contributed by atoms with Crippen LogP contribution in [0.1, 0.15) is 27.1 Å². The number of halogens is 1. The Morgan fingerprint density at radius 1 is 1.00 bits per heavy atom. The smallest absolute Gasteiger partial charge is 0.255 e. The minimum atomic E-state index is -0.278. The van der Waals surface area contributed by atoms with Crippen molar-refractivity contribution in [2.45, 2.75) is 6.42 Å². The molecule has 0 fully saturated rings. The van der Waals surface area contributed by atoms with Crippen LogP contribution in [0.5, 0.6) is 0 Å². The predicted molar refractivity (Wildman–Crippen MR) is 104 cm³/mol. The van der Waals surface area contributed by atoms with Crippen molar-refractivity contribution < 1.29 is 14.4 Å². The lowest BCUT2D eigenvalue weighted by molar-refractivity contribution is -0.116. The Morgan fingerprint density at radius 3 is 2.31 bits per heavy atom. The molecule has 0 saturated heterocycles. The molecule has 6 nitrogen and oxygen atoms in total. The van der Waals surface area contributed by atoms with Gasteiger partial charge in [0.05, 0.1) is 11.3 Å². The number of rotatable bonds is 6. The molecule has 0 radical (unpaired) electrons. The van der Waals surface area contributed by atoms with E-state index >= 15 is 0 Å². The first kappa shape index (κ1) is 19.7. The van der Waals surface area contributed by atoms with Crippen LogP contribution in [0.3, 0.4) is 0 Å². The number of anilines is 1. The molecule has 3 amide bonds. The number of benzene rings is 2. The Labute approximate surface area is 160 Å². The van der Waals surface area contributed by atoms with Gasteiger partial charge in [-0.25, -0.2) is 0 Å². The maximum Gasteiger partial charge on any atom is 0.255 e. The van der Waals surface area contributed by atoms with Crippen LogP contribution in [-0.2, 0) is 4.79 Å². The summed E-state index contributed by atoms with van der Waals surface area (Å²) in [5.41, 5.74) is 1.40. The lowest BCUT2D eigenvalue weighted by atomic mass is 10.1. The van der Waals surface area contributed by atoms with Crippen LogP contribution in [0.2, 0.25) is 0 Å². The van der Waals surface area contributed by atoms with E-state index in [0.717, 1.165) is 4.47 Å². The highest BCUT2D eigenvalue weighted by Crippen LogP contribution is 2.16. The Kier molecular flexibility index (Phi) is 6.91. The van der Waals surface area contributed by atoms with Crippen molar-refractivity contribution >= 4 is 39.3 Å². The fraction of sp³-hybridized carbons (Fsp3) is 0.211. The number of amides is 3. The third-order valence-corrected chi connectivity index (χ3v) is 4.11. The van der Waals surface area contributed by atoms with E-state index < -0.39 is 0 Å². The van der Waals surface area contributed by atoms with Crippen LogP contribution in [0.25, 0.3) is 0 Å². The zero-order valence-corrected chi connectivity index (χ0v) is 16.2. The number of hydrogen-bond acceptors (Lipinski definition) is 3. The Bertz CT molecular complexity index is 804. The average Bonchev–Trinajstić information content (AvgIpc) is 2.62. The summed E-state index contributed by atoms with van der Waals surface area (Å²) < 4.78 is 0.888. The Balaban J connectivity index is 1.89. The minimum absolute atomic E-state index is 0.104. The van der Waals surface area contributed by atoms with E-state index in [-0.39, 0.29) is 30.7 Å². The number of nitrogens with zero attached hydrogens (tertiary/aromatic N) is 1. The summed E-state index contributed by atoms with van der Waals surface area (Å²) in [6, 6.07) is 13.8. The third kappa shape index (κ3) is 5.42. The SMILES string of the molecule is CN(C)C(=O)c1ccccc1NC(=O)CCNC(=O)c1ccc(Br)cc1. The first-order valence-corrected chi connectivity index (χ1v) is 8.82. The van der Waals surface area contributed by atoms with Crippen molar-refractivity contribution in [3.05, 3.63) is 64.1 Å². The molecule has 2 rings (SSSR count). The second kappa shape index (κ2) is 9.15. The highest BCUT2D eigenvalue weighted by molar-refractivity contribution is 9.10. The summed E-state index contributed by atoms with van der Waals surface area (Å²) in [4.78, 5) is 37.7. The van der Waals surface area contributed by atoms with E-state index in [9.17, 15) is 14.4 Å². The molecule has 0 aromatic heterocycles. The van der Waals surface area contributed by atoms with E-state index in [1.165, 1.54) is 4.90 Å². The van der Waals surface area contributed by atoms with Crippen LogP contribution in [0.15, 0.2) is 53.0 Å². The number of carbonyl (C=O) groups is 3. The molecule has 2 N–H and O–H groups in total. The lowest BCUT2D eigenvalue weighted by Gasteiger charge is -2.14. The summed E-state index contributed by atoms with van der Waals surface area (Å²) in [6.07, 6.45) is 0.104. The van der Waals surface area contributed by atoms with Crippen molar-refractivity contribution in [1.29, 1.82) is 0 Å². The molecular formula is C19H20BrN3O3. The number of hydrogen-bond donors (Lipinski definition) is 2. The van der Waals surface area contributed by atoms with Crippen molar-refractivity contribution in [3.8, 4) is 0 Å². The molecule has 0 heterocycles. The zero-order valence-electron chi connectivity index (χ0n) is 14.6. The van der Waals surface area contributed by atoms with E-state index in [2.05, 4.69) is 26.6 Å². The van der Waals surface area contributed by atoms with Gasteiger partial charge in [-0.3, -0.25) is 14.4 Å². The van der Waals surface area contributed by atoms with Gasteiger partial charge in [0, 0.05) is 37.1 Å². The normalized spacial score (nSPS) is 10.1. The standard InChI is InChI=1S/C19H20BrN3O3/c1-23(2)19(26)15-5-3-4-6-16(15)22-17(24)11-12-21-18(25)13-7-9-14(20)10-8-13/h3-10H,11-12H2,1-2H3,(H,21,25)(H,22,24). The van der Waals surface area contributed by atoms with Gasteiger partial charge < -0.3 is 15.5 Å². The summed E-state index contributed by atoms with van der Waals surface area (Å²) in [5.74, 6) is -0.710. The van der Waals surface area contributed by atoms with Gasteiger partial charge >= 0.3 is 0 Å². The Hall–Kier alpha value is -2.67. The van der Waals surface area contributed by atoms with E-state index in [0.29, 0.717) is 16.8 Å². The predicted octanol–water partition coefficient (Wildman–Crippen LogP) is 2.91. The monoisotopic (exact) mass is 417 g/mol. The van der Waals surface area contributed by atoms with Gasteiger partial charge in [0.25, 0.3) is 11.8 Å². The van der Waals surface area contributed by atoms with Crippen LogP contribution in [-0.4, -0.2) is 43.3 Å². The second-order valence-corrected chi connectivity index (χ2v) is 6.72. The molecule has 2 aromatic carbocycles. The molecule has 2 aromatic rings. The molecule has 0 spiro atoms. The number of nitrogens with one attached hydrogen (secondary N) is 2. The third-order valence-electron chi connectivity index (χ3n) is 3.58. The van der Waals surface area contributed by atoms with Gasteiger partial charge in [-0.15, -0.1) is 0 Å². The fourth-order valence-corrected chi connectivity index (χ4v) is 2.49. The maximum absolute atomic E-state index is 12.1. The molecular weight excluding hydrogens is 398 g/mol. The van der Waals surface area contributed by atoms with E-state index in [1.807, 2.05) is 0 Å². The topological polar surface area (TPSA) is 78.5 Å². The van der Waals surface area contributed by atoms with Crippen molar-refractivity contribution in [2.24, 2.45) is 0 Å². The molecule has 0 bridgehead atoms. The molecule has 136 valence electrons. The molecule has 0 unspecified atom stereocenters.